The van der Waals surface area contributed by atoms with Crippen molar-refractivity contribution in [3.05, 3.63) is 65.2 Å². The number of benzene rings is 2. The average molecular weight is 489 g/mol. The molecule has 5 nitrogen and oxygen atoms in total. The van der Waals surface area contributed by atoms with E-state index in [1.165, 1.54) is 36.1 Å². The van der Waals surface area contributed by atoms with E-state index in [-0.39, 0.29) is 11.3 Å². The van der Waals surface area contributed by atoms with E-state index < -0.39 is 5.72 Å². The summed E-state index contributed by atoms with van der Waals surface area (Å²) in [5.74, 6) is 1.05. The molecule has 1 saturated carbocycles. The number of methoxy groups -OCH3 is 1. The molecule has 1 N–H and O–H groups in total. The number of carbonyl (C=O) groups is 1. The quantitative estimate of drug-likeness (QED) is 0.565. The molecule has 0 radical (unpaired) electrons. The number of carbonyl (C=O) groups excluding carboxylic acids is 1. The van der Waals surface area contributed by atoms with E-state index in [1.807, 2.05) is 12.1 Å². The fraction of sp³-hybridized carbons (Fsp3) is 0.483. The Hall–Kier alpha value is -2.26. The van der Waals surface area contributed by atoms with Gasteiger partial charge in [0, 0.05) is 30.6 Å². The molecule has 6 heteroatoms. The van der Waals surface area contributed by atoms with Crippen LogP contribution in [0.4, 0.5) is 5.69 Å². The summed E-state index contributed by atoms with van der Waals surface area (Å²) >= 11 is 1.08. The molecule has 5 rings (SSSR count). The van der Waals surface area contributed by atoms with Gasteiger partial charge in [-0.25, -0.2) is 0 Å². The first-order valence-corrected chi connectivity index (χ1v) is 14.7. The second-order valence-corrected chi connectivity index (χ2v) is 11.2. The number of hydrogen-bond donors (Lipinski definition) is 1. The summed E-state index contributed by atoms with van der Waals surface area (Å²) in [7, 11) is 1.71. The minimum atomic E-state index is -0.448. The van der Waals surface area contributed by atoms with Crippen molar-refractivity contribution in [3.8, 4) is 5.75 Å². The van der Waals surface area contributed by atoms with Crippen LogP contribution >= 0.6 is 0 Å². The van der Waals surface area contributed by atoms with Crippen molar-refractivity contribution in [1.82, 2.24) is 5.32 Å². The maximum atomic E-state index is 11.9. The zero-order valence-corrected chi connectivity index (χ0v) is 23.1. The number of hydrogen-bond acceptors (Lipinski definition) is 4. The maximum Gasteiger partial charge on any atom is 0.218 e. The summed E-state index contributed by atoms with van der Waals surface area (Å²) in [5, 5.41) is 4.11. The Kier molecular flexibility index (Phi) is 7.25. The van der Waals surface area contributed by atoms with Crippen LogP contribution in [0.1, 0.15) is 55.2 Å². The first kappa shape index (κ1) is 24.4. The predicted molar refractivity (Wildman–Crippen MR) is 144 cm³/mol. The van der Waals surface area contributed by atoms with E-state index in [0.717, 1.165) is 65.3 Å². The van der Waals surface area contributed by atoms with Crippen LogP contribution in [0.15, 0.2) is 48.5 Å². The minimum Gasteiger partial charge on any atom is -0.497 e. The lowest BCUT2D eigenvalue weighted by molar-refractivity contribution is -0.120. The first-order chi connectivity index (χ1) is 17.1. The predicted octanol–water partition coefficient (Wildman–Crippen LogP) is 4.26. The lowest BCUT2D eigenvalue weighted by Gasteiger charge is -2.46. The molecule has 1 amide bonds. The van der Waals surface area contributed by atoms with Gasteiger partial charge in [0.1, 0.15) is 5.75 Å². The molecule has 1 saturated heterocycles. The highest BCUT2D eigenvalue weighted by Gasteiger charge is 2.63. The highest BCUT2D eigenvalue weighted by molar-refractivity contribution is 6.09. The van der Waals surface area contributed by atoms with Crippen LogP contribution in [-0.2, 0) is 21.4 Å². The summed E-state index contributed by atoms with van der Waals surface area (Å²) in [6.45, 7) is 2.36. The highest BCUT2D eigenvalue weighted by atomic mass is 27.0. The molecule has 1 spiro atoms. The molecule has 0 bridgehead atoms. The molecule has 1 aliphatic carbocycles. The van der Waals surface area contributed by atoms with Crippen molar-refractivity contribution in [2.75, 3.05) is 31.7 Å². The largest absolute Gasteiger partial charge is 0.497 e. The van der Waals surface area contributed by atoms with Crippen LogP contribution in [0.25, 0.3) is 6.08 Å². The fourth-order valence-electron chi connectivity index (χ4n) is 6.48. The Morgan fingerprint density at radius 3 is 2.86 bits per heavy atom. The molecule has 1 atom stereocenters. The second kappa shape index (κ2) is 10.4. The third kappa shape index (κ3) is 4.42. The van der Waals surface area contributed by atoms with Crippen molar-refractivity contribution in [2.45, 2.75) is 61.4 Å². The molecular formula is C29H37AlN2O3. The van der Waals surface area contributed by atoms with Crippen molar-refractivity contribution >= 4 is 34.0 Å². The first-order valence-electron chi connectivity index (χ1n) is 13.3. The topological polar surface area (TPSA) is 50.8 Å². The zero-order valence-electron chi connectivity index (χ0n) is 21.1. The van der Waals surface area contributed by atoms with Gasteiger partial charge in [-0.2, -0.15) is 0 Å². The summed E-state index contributed by atoms with van der Waals surface area (Å²) in [6.07, 6.45) is 12.1. The van der Waals surface area contributed by atoms with Crippen molar-refractivity contribution in [3.63, 3.8) is 0 Å². The van der Waals surface area contributed by atoms with Gasteiger partial charge in [0.05, 0.1) is 13.7 Å². The number of nitrogens with one attached hydrogen (secondary N) is 1. The van der Waals surface area contributed by atoms with Crippen LogP contribution in [0.2, 0.25) is 5.28 Å². The number of nitrogens with zero attached hydrogens (tertiary/aromatic N) is 1. The van der Waals surface area contributed by atoms with Crippen LogP contribution < -0.4 is 15.0 Å². The summed E-state index contributed by atoms with van der Waals surface area (Å²) < 4.78 is 12.2. The molecule has 2 heterocycles. The Balaban J connectivity index is 1.48. The van der Waals surface area contributed by atoms with Crippen molar-refractivity contribution in [2.24, 2.45) is 0 Å². The van der Waals surface area contributed by atoms with Gasteiger partial charge in [-0.05, 0) is 60.2 Å². The van der Waals surface area contributed by atoms with Gasteiger partial charge < -0.3 is 19.7 Å². The van der Waals surface area contributed by atoms with Gasteiger partial charge in [-0.15, -0.1) is 0 Å². The van der Waals surface area contributed by atoms with E-state index >= 15 is 0 Å². The summed E-state index contributed by atoms with van der Waals surface area (Å²) in [6, 6.07) is 15.2. The number of anilines is 1. The van der Waals surface area contributed by atoms with Crippen LogP contribution in [0.5, 0.6) is 5.75 Å². The Morgan fingerprint density at radius 1 is 1.20 bits per heavy atom. The Labute approximate surface area is 217 Å². The lowest BCUT2D eigenvalue weighted by Crippen LogP contribution is -2.55. The number of fused-ring (bicyclic) bond motifs is 5. The van der Waals surface area contributed by atoms with E-state index in [4.69, 9.17) is 9.47 Å². The lowest BCUT2D eigenvalue weighted by atomic mass is 9.64. The van der Waals surface area contributed by atoms with Crippen LogP contribution in [0.3, 0.4) is 0 Å². The highest BCUT2D eigenvalue weighted by Crippen LogP contribution is 2.61. The molecule has 3 aliphatic rings. The minimum absolute atomic E-state index is 0.0431. The normalized spacial score (nSPS) is 22.4. The third-order valence-electron chi connectivity index (χ3n) is 8.11. The average Bonchev–Trinajstić information content (AvgIpc) is 3.40. The van der Waals surface area contributed by atoms with Gasteiger partial charge in [0.25, 0.3) is 0 Å². The van der Waals surface area contributed by atoms with Crippen molar-refractivity contribution < 1.29 is 14.3 Å². The molecule has 184 valence electrons. The number of ether oxygens (including phenoxy) is 2. The molecule has 2 aromatic rings. The molecule has 2 fully saturated rings. The van der Waals surface area contributed by atoms with E-state index in [0.29, 0.717) is 13.0 Å². The van der Waals surface area contributed by atoms with E-state index in [1.54, 1.807) is 7.11 Å². The van der Waals surface area contributed by atoms with Gasteiger partial charge in [0.15, 0.2) is 5.72 Å². The van der Waals surface area contributed by atoms with Crippen molar-refractivity contribution in [1.29, 1.82) is 0 Å². The smallest absolute Gasteiger partial charge is 0.218 e. The van der Waals surface area contributed by atoms with E-state index in [2.05, 4.69) is 52.7 Å². The summed E-state index contributed by atoms with van der Waals surface area (Å²) in [5.41, 5.74) is 4.70. The Morgan fingerprint density at radius 2 is 2.06 bits per heavy atom. The third-order valence-corrected chi connectivity index (χ3v) is 8.61. The van der Waals surface area contributed by atoms with Gasteiger partial charge in [-0.3, -0.25) is 4.79 Å². The SMILES string of the molecule is COc1cccc(/C=C/C23OCCN2c2ccc(CCNC(=O)C[CH2][AlH2])cc2C32CCCCC2)c1. The second-order valence-electron chi connectivity index (χ2n) is 10.2. The number of amides is 1. The van der Waals surface area contributed by atoms with Gasteiger partial charge in [0.2, 0.25) is 22.2 Å². The van der Waals surface area contributed by atoms with E-state index in [9.17, 15) is 4.79 Å². The Bertz CT molecular complexity index is 1100. The fourth-order valence-corrected chi connectivity index (χ4v) is 6.93. The van der Waals surface area contributed by atoms with Crippen LogP contribution in [-0.4, -0.2) is 54.7 Å². The monoisotopic (exact) mass is 488 g/mol. The van der Waals surface area contributed by atoms with Crippen LogP contribution in [0, 0.1) is 0 Å². The molecule has 2 aromatic carbocycles. The standard InChI is InChI=1S/C29H35N2O3.Al.2H/c1-3-27(32)30-17-13-23-10-11-26-25(21-23)28(14-5-4-6-15-28)29(31(26)18-19-34-29)16-12-22-8-7-9-24(20-22)33-2;;;/h7-12,16,20-21H,1,3-6,13-15,17-19H2,2H3,(H,30,32);;;/b16-12+;;;. The summed E-state index contributed by atoms with van der Waals surface area (Å²) in [4.78, 5) is 14.5. The maximum absolute atomic E-state index is 11.9. The number of rotatable bonds is 8. The molecular weight excluding hydrogens is 451 g/mol. The van der Waals surface area contributed by atoms with Gasteiger partial charge >= 0.3 is 0 Å². The molecule has 1 unspecified atom stereocenters. The zero-order chi connectivity index (χ0) is 24.3. The molecule has 35 heavy (non-hydrogen) atoms. The van der Waals surface area contributed by atoms with Gasteiger partial charge in [-0.1, -0.05) is 54.9 Å². The molecule has 0 aromatic heterocycles. The molecule has 2 aliphatic heterocycles.